The van der Waals surface area contributed by atoms with Crippen molar-refractivity contribution >= 4 is 27.2 Å². The van der Waals surface area contributed by atoms with Crippen LogP contribution in [0.3, 0.4) is 0 Å². The number of nitrogens with zero attached hydrogens (tertiary/aromatic N) is 2. The van der Waals surface area contributed by atoms with E-state index in [1.54, 1.807) is 24.3 Å². The van der Waals surface area contributed by atoms with Gasteiger partial charge in [0.1, 0.15) is 0 Å². The quantitative estimate of drug-likeness (QED) is 0.763. The first kappa shape index (κ1) is 15.5. The molecule has 2 rings (SSSR count). The summed E-state index contributed by atoms with van der Waals surface area (Å²) in [4.78, 5) is 0.546. The highest BCUT2D eigenvalue weighted by Gasteiger charge is 2.13. The third-order valence-electron chi connectivity index (χ3n) is 2.68. The summed E-state index contributed by atoms with van der Waals surface area (Å²) in [5.41, 5.74) is 6.87. The Balaban J connectivity index is 2.07. The van der Waals surface area contributed by atoms with Crippen molar-refractivity contribution in [2.24, 2.45) is 5.73 Å². The SMILES string of the molecule is NC(=S)Cc1ccc(S(=O)(=O)NCc2cccnn2)cc1. The van der Waals surface area contributed by atoms with Crippen molar-refractivity contribution in [2.75, 3.05) is 0 Å². The molecule has 0 saturated carbocycles. The van der Waals surface area contributed by atoms with Gasteiger partial charge in [-0.2, -0.15) is 10.2 Å². The van der Waals surface area contributed by atoms with Gasteiger partial charge in [0.25, 0.3) is 0 Å². The van der Waals surface area contributed by atoms with E-state index in [0.717, 1.165) is 5.56 Å². The normalized spacial score (nSPS) is 11.2. The molecule has 1 aromatic carbocycles. The Hall–Kier alpha value is -1.90. The molecule has 21 heavy (non-hydrogen) atoms. The minimum absolute atomic E-state index is 0.0881. The van der Waals surface area contributed by atoms with Crippen molar-refractivity contribution in [2.45, 2.75) is 17.9 Å². The molecule has 110 valence electrons. The van der Waals surface area contributed by atoms with Crippen LogP contribution < -0.4 is 10.5 Å². The number of aromatic nitrogens is 2. The molecule has 0 bridgehead atoms. The van der Waals surface area contributed by atoms with E-state index in [2.05, 4.69) is 14.9 Å². The van der Waals surface area contributed by atoms with Crippen LogP contribution in [0.5, 0.6) is 0 Å². The summed E-state index contributed by atoms with van der Waals surface area (Å²) in [7, 11) is -3.59. The van der Waals surface area contributed by atoms with Crippen molar-refractivity contribution in [1.29, 1.82) is 0 Å². The summed E-state index contributed by atoms with van der Waals surface area (Å²) in [6.07, 6.45) is 1.97. The average Bonchev–Trinajstić information content (AvgIpc) is 2.46. The van der Waals surface area contributed by atoms with E-state index in [4.69, 9.17) is 18.0 Å². The van der Waals surface area contributed by atoms with Gasteiger partial charge in [-0.05, 0) is 29.8 Å². The lowest BCUT2D eigenvalue weighted by Crippen LogP contribution is -2.23. The lowest BCUT2D eigenvalue weighted by Gasteiger charge is -2.07. The maximum Gasteiger partial charge on any atom is 0.240 e. The molecular formula is C13H14N4O2S2. The number of nitrogens with two attached hydrogens (primary N) is 1. The van der Waals surface area contributed by atoms with Crippen LogP contribution in [0.1, 0.15) is 11.3 Å². The number of rotatable bonds is 6. The Morgan fingerprint density at radius 3 is 2.52 bits per heavy atom. The largest absolute Gasteiger partial charge is 0.393 e. The second-order valence-corrected chi connectivity index (χ2v) is 6.62. The molecule has 2 aromatic rings. The maximum absolute atomic E-state index is 12.1. The molecule has 0 atom stereocenters. The first-order chi connectivity index (χ1) is 9.97. The van der Waals surface area contributed by atoms with Crippen LogP contribution in [0.15, 0.2) is 47.5 Å². The van der Waals surface area contributed by atoms with Crippen LogP contribution in [-0.2, 0) is 23.0 Å². The Labute approximate surface area is 128 Å². The van der Waals surface area contributed by atoms with Gasteiger partial charge in [-0.1, -0.05) is 24.4 Å². The molecule has 1 aromatic heterocycles. The van der Waals surface area contributed by atoms with Crippen molar-refractivity contribution < 1.29 is 8.42 Å². The van der Waals surface area contributed by atoms with Gasteiger partial charge in [-0.25, -0.2) is 13.1 Å². The molecule has 3 N–H and O–H groups in total. The predicted octanol–water partition coefficient (Wildman–Crippen LogP) is 0.784. The van der Waals surface area contributed by atoms with Gasteiger partial charge in [0.05, 0.1) is 22.1 Å². The third-order valence-corrected chi connectivity index (χ3v) is 4.24. The number of hydrogen-bond acceptors (Lipinski definition) is 5. The van der Waals surface area contributed by atoms with Crippen LogP contribution in [-0.4, -0.2) is 23.6 Å². The topological polar surface area (TPSA) is 98.0 Å². The van der Waals surface area contributed by atoms with E-state index < -0.39 is 10.0 Å². The molecule has 0 unspecified atom stereocenters. The highest BCUT2D eigenvalue weighted by Crippen LogP contribution is 2.11. The number of thiocarbonyl (C=S) groups is 1. The Kier molecular flexibility index (Phi) is 4.94. The summed E-state index contributed by atoms with van der Waals surface area (Å²) in [6.45, 7) is 0.0881. The number of nitrogens with one attached hydrogen (secondary N) is 1. The predicted molar refractivity (Wildman–Crippen MR) is 83.0 cm³/mol. The van der Waals surface area contributed by atoms with Crippen LogP contribution in [0.4, 0.5) is 0 Å². The van der Waals surface area contributed by atoms with Crippen molar-refractivity contribution in [1.82, 2.24) is 14.9 Å². The van der Waals surface area contributed by atoms with E-state index >= 15 is 0 Å². The first-order valence-corrected chi connectivity index (χ1v) is 8.00. The van der Waals surface area contributed by atoms with Gasteiger partial charge in [0.15, 0.2) is 0 Å². The van der Waals surface area contributed by atoms with E-state index in [1.165, 1.54) is 18.3 Å². The Morgan fingerprint density at radius 1 is 1.24 bits per heavy atom. The molecule has 0 amide bonds. The van der Waals surface area contributed by atoms with E-state index in [-0.39, 0.29) is 11.4 Å². The average molecular weight is 322 g/mol. The van der Waals surface area contributed by atoms with Crippen molar-refractivity contribution in [3.8, 4) is 0 Å². The fraction of sp³-hybridized carbons (Fsp3) is 0.154. The molecule has 1 heterocycles. The summed E-state index contributed by atoms with van der Waals surface area (Å²) in [5.74, 6) is 0. The third kappa shape index (κ3) is 4.55. The zero-order valence-corrected chi connectivity index (χ0v) is 12.7. The smallest absolute Gasteiger partial charge is 0.240 e. The summed E-state index contributed by atoms with van der Waals surface area (Å²) >= 11 is 4.81. The molecule has 0 spiro atoms. The lowest BCUT2D eigenvalue weighted by atomic mass is 10.1. The number of hydrogen-bond donors (Lipinski definition) is 2. The van der Waals surface area contributed by atoms with E-state index in [1.807, 2.05) is 0 Å². The minimum atomic E-state index is -3.59. The van der Waals surface area contributed by atoms with Crippen LogP contribution >= 0.6 is 12.2 Å². The van der Waals surface area contributed by atoms with E-state index in [0.29, 0.717) is 17.1 Å². The van der Waals surface area contributed by atoms with Crippen molar-refractivity contribution in [3.05, 3.63) is 53.9 Å². The first-order valence-electron chi connectivity index (χ1n) is 6.11. The van der Waals surface area contributed by atoms with Crippen LogP contribution in [0.2, 0.25) is 0 Å². The van der Waals surface area contributed by atoms with Crippen molar-refractivity contribution in [3.63, 3.8) is 0 Å². The summed E-state index contributed by atoms with van der Waals surface area (Å²) < 4.78 is 26.7. The highest BCUT2D eigenvalue weighted by molar-refractivity contribution is 7.89. The number of sulfonamides is 1. The summed E-state index contributed by atoms with van der Waals surface area (Å²) in [6, 6.07) is 9.81. The van der Waals surface area contributed by atoms with Gasteiger partial charge in [0, 0.05) is 12.6 Å². The zero-order chi connectivity index (χ0) is 15.3. The highest BCUT2D eigenvalue weighted by atomic mass is 32.2. The summed E-state index contributed by atoms with van der Waals surface area (Å²) in [5, 5.41) is 7.51. The molecule has 0 fully saturated rings. The van der Waals surface area contributed by atoms with Gasteiger partial charge in [-0.3, -0.25) is 0 Å². The molecule has 0 aliphatic carbocycles. The second kappa shape index (κ2) is 6.70. The fourth-order valence-corrected chi connectivity index (χ4v) is 2.83. The monoisotopic (exact) mass is 322 g/mol. The fourth-order valence-electron chi connectivity index (χ4n) is 1.67. The van der Waals surface area contributed by atoms with Gasteiger partial charge in [0.2, 0.25) is 10.0 Å². The number of benzene rings is 1. The van der Waals surface area contributed by atoms with Gasteiger partial charge >= 0.3 is 0 Å². The van der Waals surface area contributed by atoms with Crippen LogP contribution in [0, 0.1) is 0 Å². The van der Waals surface area contributed by atoms with E-state index in [9.17, 15) is 8.42 Å². The standard InChI is InChI=1S/C13H14N4O2S2/c14-13(20)8-10-3-5-12(6-4-10)21(18,19)16-9-11-2-1-7-15-17-11/h1-7,16H,8-9H2,(H2,14,20). The molecule has 0 aliphatic rings. The Morgan fingerprint density at radius 2 is 1.95 bits per heavy atom. The maximum atomic E-state index is 12.1. The minimum Gasteiger partial charge on any atom is -0.393 e. The zero-order valence-electron chi connectivity index (χ0n) is 11.1. The molecule has 0 radical (unpaired) electrons. The molecule has 0 aliphatic heterocycles. The lowest BCUT2D eigenvalue weighted by molar-refractivity contribution is 0.580. The molecule has 8 heteroatoms. The van der Waals surface area contributed by atoms with Gasteiger partial charge < -0.3 is 5.73 Å². The van der Waals surface area contributed by atoms with Gasteiger partial charge in [-0.15, -0.1) is 0 Å². The molecular weight excluding hydrogens is 308 g/mol. The molecule has 0 saturated heterocycles. The Bertz CT molecular complexity index is 716. The molecule has 6 nitrogen and oxygen atoms in total. The van der Waals surface area contributed by atoms with Crippen LogP contribution in [0.25, 0.3) is 0 Å². The second-order valence-electron chi connectivity index (χ2n) is 4.33.